The fourth-order valence-electron chi connectivity index (χ4n) is 1.19. The Hall–Kier alpha value is -1.10. The predicted molar refractivity (Wildman–Crippen MR) is 63.4 cm³/mol. The third-order valence-corrected chi connectivity index (χ3v) is 2.47. The number of carbonyl (C=O) groups is 1. The molecule has 0 bridgehead atoms. The van der Waals surface area contributed by atoms with E-state index in [1.807, 2.05) is 19.9 Å². The first-order valence-corrected chi connectivity index (χ1v) is 5.47. The number of primary amides is 1. The van der Waals surface area contributed by atoms with Crippen molar-refractivity contribution in [2.75, 3.05) is 5.32 Å². The van der Waals surface area contributed by atoms with E-state index in [0.29, 0.717) is 5.82 Å². The molecule has 4 nitrogen and oxygen atoms in total. The lowest BCUT2D eigenvalue weighted by Gasteiger charge is -2.19. The molecule has 82 valence electrons. The summed E-state index contributed by atoms with van der Waals surface area (Å²) in [5.74, 6) is 0.415. The molecule has 3 N–H and O–H groups in total. The number of hydrogen-bond acceptors (Lipinski definition) is 3. The number of nitrogens with zero attached hydrogens (tertiary/aromatic N) is 1. The smallest absolute Gasteiger partial charge is 0.240 e. The lowest BCUT2D eigenvalue weighted by Crippen LogP contribution is -2.39. The minimum Gasteiger partial charge on any atom is -0.368 e. The molecule has 0 spiro atoms. The van der Waals surface area contributed by atoms with Crippen LogP contribution in [0.2, 0.25) is 0 Å². The second kappa shape index (κ2) is 5.11. The summed E-state index contributed by atoms with van der Waals surface area (Å²) >= 11 is 3.29. The van der Waals surface area contributed by atoms with E-state index in [1.54, 1.807) is 12.3 Å². The van der Waals surface area contributed by atoms with Gasteiger partial charge in [-0.2, -0.15) is 0 Å². The first kappa shape index (κ1) is 12.0. The monoisotopic (exact) mass is 271 g/mol. The average Bonchev–Trinajstić information content (AvgIpc) is 2.15. The Kier molecular flexibility index (Phi) is 4.08. The van der Waals surface area contributed by atoms with Crippen LogP contribution in [0.25, 0.3) is 0 Å². The first-order chi connectivity index (χ1) is 7.00. The molecule has 0 saturated carbocycles. The molecule has 1 heterocycles. The van der Waals surface area contributed by atoms with Crippen molar-refractivity contribution >= 4 is 27.7 Å². The maximum absolute atomic E-state index is 11.1. The summed E-state index contributed by atoms with van der Waals surface area (Å²) in [6, 6.07) is 3.26. The van der Waals surface area contributed by atoms with E-state index in [1.165, 1.54) is 0 Å². The predicted octanol–water partition coefficient (Wildman–Crippen LogP) is 1.77. The van der Waals surface area contributed by atoms with Gasteiger partial charge in [0.2, 0.25) is 5.91 Å². The van der Waals surface area contributed by atoms with Gasteiger partial charge in [0.15, 0.2) is 0 Å². The summed E-state index contributed by atoms with van der Waals surface area (Å²) in [5.41, 5.74) is 5.28. The van der Waals surface area contributed by atoms with E-state index in [4.69, 9.17) is 5.73 Å². The highest BCUT2D eigenvalue weighted by atomic mass is 79.9. The molecule has 0 aliphatic heterocycles. The van der Waals surface area contributed by atoms with Gasteiger partial charge in [-0.3, -0.25) is 4.79 Å². The first-order valence-electron chi connectivity index (χ1n) is 4.68. The number of halogens is 1. The van der Waals surface area contributed by atoms with E-state index >= 15 is 0 Å². The molecule has 15 heavy (non-hydrogen) atoms. The molecular weight excluding hydrogens is 258 g/mol. The van der Waals surface area contributed by atoms with Gasteiger partial charge in [-0.05, 0) is 34.0 Å². The van der Waals surface area contributed by atoms with Crippen LogP contribution in [0.5, 0.6) is 0 Å². The fourth-order valence-corrected chi connectivity index (χ4v) is 1.42. The van der Waals surface area contributed by atoms with Crippen LogP contribution in [-0.2, 0) is 4.79 Å². The molecular formula is C10H14BrN3O. The lowest BCUT2D eigenvalue weighted by molar-refractivity contribution is -0.119. The molecule has 0 radical (unpaired) electrons. The van der Waals surface area contributed by atoms with Gasteiger partial charge in [0.1, 0.15) is 11.9 Å². The zero-order valence-electron chi connectivity index (χ0n) is 8.70. The number of rotatable bonds is 4. The SMILES string of the molecule is CC(C)C(Nc1ccc(Br)cn1)C(N)=O. The third kappa shape index (κ3) is 3.51. The van der Waals surface area contributed by atoms with E-state index in [0.717, 1.165) is 4.47 Å². The number of hydrogen-bond donors (Lipinski definition) is 2. The second-order valence-electron chi connectivity index (χ2n) is 3.63. The van der Waals surface area contributed by atoms with Gasteiger partial charge >= 0.3 is 0 Å². The van der Waals surface area contributed by atoms with E-state index in [-0.39, 0.29) is 11.8 Å². The van der Waals surface area contributed by atoms with Crippen LogP contribution in [0.15, 0.2) is 22.8 Å². The topological polar surface area (TPSA) is 68.0 Å². The van der Waals surface area contributed by atoms with Crippen molar-refractivity contribution in [2.45, 2.75) is 19.9 Å². The highest BCUT2D eigenvalue weighted by Gasteiger charge is 2.19. The highest BCUT2D eigenvalue weighted by Crippen LogP contribution is 2.13. The molecule has 1 aromatic rings. The van der Waals surface area contributed by atoms with Crippen LogP contribution in [0.3, 0.4) is 0 Å². The number of aromatic nitrogens is 1. The highest BCUT2D eigenvalue weighted by molar-refractivity contribution is 9.10. The zero-order valence-corrected chi connectivity index (χ0v) is 10.3. The van der Waals surface area contributed by atoms with Crippen LogP contribution in [-0.4, -0.2) is 16.9 Å². The zero-order chi connectivity index (χ0) is 11.4. The standard InChI is InChI=1S/C10H14BrN3O/c1-6(2)9(10(12)15)14-8-4-3-7(11)5-13-8/h3-6,9H,1-2H3,(H2,12,15)(H,13,14). The van der Waals surface area contributed by atoms with Gasteiger partial charge in [-0.25, -0.2) is 4.98 Å². The second-order valence-corrected chi connectivity index (χ2v) is 4.55. The number of pyridine rings is 1. The Bertz CT molecular complexity index is 337. The van der Waals surface area contributed by atoms with Crippen molar-refractivity contribution < 1.29 is 4.79 Å². The van der Waals surface area contributed by atoms with Crippen LogP contribution in [0.4, 0.5) is 5.82 Å². The average molecular weight is 272 g/mol. The summed E-state index contributed by atoms with van der Waals surface area (Å²) in [4.78, 5) is 15.3. The summed E-state index contributed by atoms with van der Waals surface area (Å²) < 4.78 is 0.897. The van der Waals surface area contributed by atoms with Crippen LogP contribution < -0.4 is 11.1 Å². The van der Waals surface area contributed by atoms with Crippen molar-refractivity contribution in [1.82, 2.24) is 4.98 Å². The Morgan fingerprint density at radius 1 is 1.53 bits per heavy atom. The summed E-state index contributed by atoms with van der Waals surface area (Å²) in [6.07, 6.45) is 1.67. The minimum absolute atomic E-state index is 0.132. The Labute approximate surface area is 97.4 Å². The Balaban J connectivity index is 2.74. The molecule has 5 heteroatoms. The van der Waals surface area contributed by atoms with Gasteiger partial charge in [0.25, 0.3) is 0 Å². The van der Waals surface area contributed by atoms with Gasteiger partial charge in [0.05, 0.1) is 0 Å². The van der Waals surface area contributed by atoms with Crippen molar-refractivity contribution in [3.05, 3.63) is 22.8 Å². The Morgan fingerprint density at radius 3 is 2.60 bits per heavy atom. The van der Waals surface area contributed by atoms with Crippen molar-refractivity contribution in [1.29, 1.82) is 0 Å². The van der Waals surface area contributed by atoms with Gasteiger partial charge in [0, 0.05) is 10.7 Å². The van der Waals surface area contributed by atoms with Gasteiger partial charge in [-0.15, -0.1) is 0 Å². The molecule has 1 amide bonds. The third-order valence-electron chi connectivity index (χ3n) is 2.00. The number of amides is 1. The van der Waals surface area contributed by atoms with Crippen LogP contribution >= 0.6 is 15.9 Å². The lowest BCUT2D eigenvalue weighted by atomic mass is 10.0. The van der Waals surface area contributed by atoms with Crippen molar-refractivity contribution in [2.24, 2.45) is 11.7 Å². The minimum atomic E-state index is -0.390. The maximum Gasteiger partial charge on any atom is 0.240 e. The van der Waals surface area contributed by atoms with E-state index < -0.39 is 6.04 Å². The summed E-state index contributed by atoms with van der Waals surface area (Å²) in [7, 11) is 0. The quantitative estimate of drug-likeness (QED) is 0.877. The number of nitrogens with one attached hydrogen (secondary N) is 1. The molecule has 0 aliphatic rings. The molecule has 0 aliphatic carbocycles. The van der Waals surface area contributed by atoms with E-state index in [9.17, 15) is 4.79 Å². The van der Waals surface area contributed by atoms with Gasteiger partial charge in [-0.1, -0.05) is 13.8 Å². The molecule has 0 saturated heterocycles. The fraction of sp³-hybridized carbons (Fsp3) is 0.400. The molecule has 1 rings (SSSR count). The Morgan fingerprint density at radius 2 is 2.20 bits per heavy atom. The summed E-state index contributed by atoms with van der Waals surface area (Å²) in [6.45, 7) is 3.86. The molecule has 0 fully saturated rings. The molecule has 0 aromatic carbocycles. The summed E-state index contributed by atoms with van der Waals surface area (Å²) in [5, 5.41) is 3.00. The van der Waals surface area contributed by atoms with Crippen LogP contribution in [0, 0.1) is 5.92 Å². The van der Waals surface area contributed by atoms with E-state index in [2.05, 4.69) is 26.2 Å². The normalized spacial score (nSPS) is 12.5. The maximum atomic E-state index is 11.1. The molecule has 1 aromatic heterocycles. The largest absolute Gasteiger partial charge is 0.368 e. The van der Waals surface area contributed by atoms with Crippen molar-refractivity contribution in [3.63, 3.8) is 0 Å². The number of anilines is 1. The molecule has 1 unspecified atom stereocenters. The van der Waals surface area contributed by atoms with Gasteiger partial charge < -0.3 is 11.1 Å². The van der Waals surface area contributed by atoms with Crippen molar-refractivity contribution in [3.8, 4) is 0 Å². The number of nitrogens with two attached hydrogens (primary N) is 1. The number of carbonyl (C=O) groups excluding carboxylic acids is 1. The molecule has 1 atom stereocenters. The van der Waals surface area contributed by atoms with Crippen LogP contribution in [0.1, 0.15) is 13.8 Å².